The Labute approximate surface area is 41.0 Å². The Kier molecular flexibility index (Phi) is 4.06. The summed E-state index contributed by atoms with van der Waals surface area (Å²) in [7, 11) is 0. The van der Waals surface area contributed by atoms with Gasteiger partial charge in [-0.3, -0.25) is 0 Å². The molecule has 0 fully saturated rings. The molecule has 0 N–H and O–H groups in total. The number of rotatable bonds is 0. The molecule has 0 spiro atoms. The minimum absolute atomic E-state index is 2.66. The molecule has 0 amide bonds. The van der Waals surface area contributed by atoms with Crippen molar-refractivity contribution in [3.63, 3.8) is 0 Å². The van der Waals surface area contributed by atoms with Crippen molar-refractivity contribution >= 4 is 32.3 Å². The molecule has 2 nitrogen and oxygen atoms in total. The van der Waals surface area contributed by atoms with Crippen LogP contribution >= 0.6 is 32.3 Å². The third-order valence-electron chi connectivity index (χ3n) is 0.0286. The van der Waals surface area contributed by atoms with E-state index in [0.29, 0.717) is 0 Å². The summed E-state index contributed by atoms with van der Waals surface area (Å²) in [5.41, 5.74) is 0. The normalized spacial score (nSPS) is 9.50. The summed E-state index contributed by atoms with van der Waals surface area (Å²) in [6.45, 7) is 0. The third-order valence-corrected chi connectivity index (χ3v) is 0.771. The van der Waals surface area contributed by atoms with Gasteiger partial charge in [-0.1, -0.05) is 0 Å². The van der Waals surface area contributed by atoms with Crippen LogP contribution in [-0.2, 0) is 0 Å². The summed E-state index contributed by atoms with van der Waals surface area (Å²) in [6, 6.07) is 0. The largest absolute Gasteiger partial charge is 0.101 e. The predicted molar refractivity (Wildman–Crippen MR) is 22.7 cm³/mol. The number of halogens is 2. The van der Waals surface area contributed by atoms with Gasteiger partial charge in [-0.2, -0.15) is 0 Å². The molecule has 0 aliphatic heterocycles. The van der Waals surface area contributed by atoms with Gasteiger partial charge in [0.2, 0.25) is 0 Å². The molecule has 0 aliphatic rings. The van der Waals surface area contributed by atoms with E-state index >= 15 is 0 Å². The van der Waals surface area contributed by atoms with Gasteiger partial charge in [-0.25, -0.2) is 0 Å². The van der Waals surface area contributed by atoms with E-state index in [1.165, 1.54) is 0 Å². The second-order valence-electron chi connectivity index (χ2n) is 0.151. The van der Waals surface area contributed by atoms with Gasteiger partial charge in [0.1, 0.15) is 32.3 Å². The first-order chi connectivity index (χ1) is 1.91. The molecular weight excluding hydrogens is 188 g/mol. The summed E-state index contributed by atoms with van der Waals surface area (Å²) in [5.74, 6) is 0. The van der Waals surface area contributed by atoms with Crippen LogP contribution in [0.2, 0.25) is 0 Å². The first-order valence-corrected chi connectivity index (χ1v) is 1.96. The SMILES string of the molecule is BrN=NBr. The molecule has 0 aromatic carbocycles. The van der Waals surface area contributed by atoms with Crippen molar-refractivity contribution in [1.82, 2.24) is 0 Å². The Balaban J connectivity index is 2.55. The highest BCUT2D eigenvalue weighted by Crippen LogP contribution is 1.87. The Hall–Kier alpha value is 0.560. The maximum Gasteiger partial charge on any atom is 0.101 e. The summed E-state index contributed by atoms with van der Waals surface area (Å²) in [4.78, 5) is 0. The van der Waals surface area contributed by atoms with E-state index in [-0.39, 0.29) is 0 Å². The van der Waals surface area contributed by atoms with E-state index in [2.05, 4.69) is 40.6 Å². The van der Waals surface area contributed by atoms with Crippen LogP contribution in [0.25, 0.3) is 0 Å². The van der Waals surface area contributed by atoms with Gasteiger partial charge in [0.25, 0.3) is 0 Å². The van der Waals surface area contributed by atoms with Crippen molar-refractivity contribution in [3.05, 3.63) is 0 Å². The molecule has 0 atom stereocenters. The van der Waals surface area contributed by atoms with Crippen molar-refractivity contribution in [3.8, 4) is 0 Å². The molecule has 0 unspecified atom stereocenters. The molecule has 0 aliphatic carbocycles. The minimum Gasteiger partial charge on any atom is -0.101 e. The second-order valence-corrected chi connectivity index (χ2v) is 0.786. The van der Waals surface area contributed by atoms with Crippen molar-refractivity contribution in [2.45, 2.75) is 0 Å². The standard InChI is InChI=1S/Br2N2/c1-3-4-2. The highest BCUT2D eigenvalue weighted by molar-refractivity contribution is 9.10. The number of hydrogen-bond donors (Lipinski definition) is 0. The Morgan fingerprint density at radius 2 is 1.25 bits per heavy atom. The summed E-state index contributed by atoms with van der Waals surface area (Å²) in [6.07, 6.45) is 0. The summed E-state index contributed by atoms with van der Waals surface area (Å²) in [5, 5.41) is 0. The summed E-state index contributed by atoms with van der Waals surface area (Å²) < 4.78 is 6.18. The van der Waals surface area contributed by atoms with Crippen LogP contribution < -0.4 is 0 Å². The van der Waals surface area contributed by atoms with Crippen LogP contribution in [0.5, 0.6) is 0 Å². The molecule has 0 saturated carbocycles. The highest BCUT2D eigenvalue weighted by Gasteiger charge is 1.39. The lowest BCUT2D eigenvalue weighted by atomic mass is 13.3. The molecule has 0 bridgehead atoms. The van der Waals surface area contributed by atoms with E-state index in [1.54, 1.807) is 0 Å². The zero-order valence-corrected chi connectivity index (χ0v) is 4.82. The molecule has 4 heavy (non-hydrogen) atoms. The summed E-state index contributed by atoms with van der Waals surface area (Å²) >= 11 is 5.32. The van der Waals surface area contributed by atoms with E-state index in [0.717, 1.165) is 0 Å². The fraction of sp³-hybridized carbons (Fsp3) is 0. The van der Waals surface area contributed by atoms with Gasteiger partial charge in [0.05, 0.1) is 0 Å². The lowest BCUT2D eigenvalue weighted by molar-refractivity contribution is 1.58. The Morgan fingerprint density at radius 3 is 1.25 bits per heavy atom. The first kappa shape index (κ1) is 4.56. The van der Waals surface area contributed by atoms with Crippen LogP contribution in [0.1, 0.15) is 0 Å². The quantitative estimate of drug-likeness (QED) is 0.519. The minimum atomic E-state index is 2.66. The lowest BCUT2D eigenvalue weighted by Gasteiger charge is -1.45. The van der Waals surface area contributed by atoms with Gasteiger partial charge in [-0.05, 0) is 0 Å². The first-order valence-electron chi connectivity index (χ1n) is 0.538. The topological polar surface area (TPSA) is 24.7 Å². The molecule has 0 aromatic rings. The van der Waals surface area contributed by atoms with E-state index in [1.807, 2.05) is 0 Å². The zero-order chi connectivity index (χ0) is 3.41. The number of hydrogen-bond acceptors (Lipinski definition) is 2. The average molecular weight is 188 g/mol. The van der Waals surface area contributed by atoms with Crippen LogP contribution in [0.3, 0.4) is 0 Å². The molecule has 0 heterocycles. The maximum atomic E-state index is 3.09. The average Bonchev–Trinajstić information content (AvgIpc) is 1.37. The molecule has 24 valence electrons. The fourth-order valence-corrected chi connectivity index (χ4v) is 0. The van der Waals surface area contributed by atoms with Crippen molar-refractivity contribution in [2.24, 2.45) is 8.28 Å². The Bertz CT molecular complexity index is 19.2. The monoisotopic (exact) mass is 186 g/mol. The number of nitrogens with zero attached hydrogens (tertiary/aromatic N) is 2. The van der Waals surface area contributed by atoms with Gasteiger partial charge in [-0.15, -0.1) is 8.28 Å². The second kappa shape index (κ2) is 3.56. The smallest absolute Gasteiger partial charge is 0.101 e. The van der Waals surface area contributed by atoms with Crippen molar-refractivity contribution < 1.29 is 0 Å². The van der Waals surface area contributed by atoms with E-state index in [9.17, 15) is 0 Å². The van der Waals surface area contributed by atoms with E-state index < -0.39 is 0 Å². The zero-order valence-electron chi connectivity index (χ0n) is 1.65. The molecule has 0 radical (unpaired) electrons. The van der Waals surface area contributed by atoms with E-state index in [4.69, 9.17) is 0 Å². The third kappa shape index (κ3) is 2.56. The predicted octanol–water partition coefficient (Wildman–Crippen LogP) is 2.06. The maximum absolute atomic E-state index is 3.09. The highest BCUT2D eigenvalue weighted by atomic mass is 79.9. The van der Waals surface area contributed by atoms with Gasteiger partial charge >= 0.3 is 0 Å². The molecule has 0 aromatic heterocycles. The van der Waals surface area contributed by atoms with Gasteiger partial charge < -0.3 is 0 Å². The molecule has 4 heteroatoms. The lowest BCUT2D eigenvalue weighted by Crippen LogP contribution is -1.05. The van der Waals surface area contributed by atoms with Crippen LogP contribution in [0, 0.1) is 0 Å². The van der Waals surface area contributed by atoms with Crippen LogP contribution in [0.4, 0.5) is 0 Å². The van der Waals surface area contributed by atoms with Gasteiger partial charge in [0.15, 0.2) is 0 Å². The molecule has 0 saturated heterocycles. The van der Waals surface area contributed by atoms with Crippen LogP contribution in [0.15, 0.2) is 8.28 Å². The molecule has 0 rings (SSSR count). The van der Waals surface area contributed by atoms with Crippen molar-refractivity contribution in [1.29, 1.82) is 0 Å². The Morgan fingerprint density at radius 1 is 1.00 bits per heavy atom. The van der Waals surface area contributed by atoms with Gasteiger partial charge in [0, 0.05) is 0 Å². The van der Waals surface area contributed by atoms with Crippen molar-refractivity contribution in [2.75, 3.05) is 0 Å². The van der Waals surface area contributed by atoms with Crippen LogP contribution in [-0.4, -0.2) is 0 Å². The fourth-order valence-electron chi connectivity index (χ4n) is 0. The molecular formula is Br2N2.